The molecule has 6 nitrogen and oxygen atoms in total. The fourth-order valence-corrected chi connectivity index (χ4v) is 4.68. The van der Waals surface area contributed by atoms with Crippen molar-refractivity contribution in [3.63, 3.8) is 0 Å². The number of carbonyl (C=O) groups is 1. The molecule has 0 saturated heterocycles. The summed E-state index contributed by atoms with van der Waals surface area (Å²) in [5.41, 5.74) is 4.73. The number of hydrogen-bond acceptors (Lipinski definition) is 5. The first kappa shape index (κ1) is 24.6. The van der Waals surface area contributed by atoms with Crippen LogP contribution in [0.2, 0.25) is 0 Å². The van der Waals surface area contributed by atoms with Crippen molar-refractivity contribution in [1.82, 2.24) is 10.2 Å². The molecule has 6 heteroatoms. The first-order valence-electron chi connectivity index (χ1n) is 12.1. The monoisotopic (exact) mass is 474 g/mol. The van der Waals surface area contributed by atoms with E-state index >= 15 is 0 Å². The van der Waals surface area contributed by atoms with Gasteiger partial charge in [-0.2, -0.15) is 0 Å². The lowest BCUT2D eigenvalue weighted by Crippen LogP contribution is -2.43. The summed E-state index contributed by atoms with van der Waals surface area (Å²) in [6, 6.07) is 22.4. The maximum Gasteiger partial charge on any atom is 0.234 e. The SMILES string of the molecule is CCOc1ccc2c(c1)C(Cc1ccc(OC)c(OC)c1)N(CC(=O)NCc1ccccc1)CC2. The Balaban J connectivity index is 1.57. The number of hydrogen-bond donors (Lipinski definition) is 1. The van der Waals surface area contributed by atoms with E-state index in [1.165, 1.54) is 11.1 Å². The highest BCUT2D eigenvalue weighted by molar-refractivity contribution is 5.78. The van der Waals surface area contributed by atoms with Crippen molar-refractivity contribution in [1.29, 1.82) is 0 Å². The molecule has 1 atom stereocenters. The minimum Gasteiger partial charge on any atom is -0.494 e. The van der Waals surface area contributed by atoms with Gasteiger partial charge < -0.3 is 19.5 Å². The van der Waals surface area contributed by atoms with Crippen LogP contribution < -0.4 is 19.5 Å². The molecule has 1 aliphatic rings. The zero-order valence-corrected chi connectivity index (χ0v) is 20.8. The highest BCUT2D eigenvalue weighted by Crippen LogP contribution is 2.36. The zero-order valence-electron chi connectivity index (χ0n) is 20.8. The lowest BCUT2D eigenvalue weighted by atomic mass is 9.88. The Morgan fingerprint density at radius 1 is 0.971 bits per heavy atom. The summed E-state index contributed by atoms with van der Waals surface area (Å²) >= 11 is 0. The third-order valence-electron chi connectivity index (χ3n) is 6.45. The van der Waals surface area contributed by atoms with Crippen molar-refractivity contribution in [3.8, 4) is 17.2 Å². The van der Waals surface area contributed by atoms with Crippen molar-refractivity contribution in [2.75, 3.05) is 33.9 Å². The largest absolute Gasteiger partial charge is 0.494 e. The molecule has 1 N–H and O–H groups in total. The van der Waals surface area contributed by atoms with Crippen molar-refractivity contribution in [2.24, 2.45) is 0 Å². The average molecular weight is 475 g/mol. The highest BCUT2D eigenvalue weighted by Gasteiger charge is 2.29. The molecule has 0 bridgehead atoms. The Kier molecular flexibility index (Phi) is 8.27. The van der Waals surface area contributed by atoms with Gasteiger partial charge in [0.15, 0.2) is 11.5 Å². The summed E-state index contributed by atoms with van der Waals surface area (Å²) in [6.45, 7) is 4.29. The van der Waals surface area contributed by atoms with E-state index in [0.717, 1.165) is 36.3 Å². The van der Waals surface area contributed by atoms with E-state index in [9.17, 15) is 4.79 Å². The standard InChI is InChI=1S/C29H34N2O4/c1-4-35-24-12-11-23-14-15-31(20-29(32)30-19-21-8-6-5-7-9-21)26(25(23)18-24)16-22-10-13-27(33-2)28(17-22)34-3/h5-13,17-18,26H,4,14-16,19-20H2,1-3H3,(H,30,32). The predicted octanol–water partition coefficient (Wildman–Crippen LogP) is 4.56. The van der Waals surface area contributed by atoms with Crippen LogP contribution in [0.25, 0.3) is 0 Å². The van der Waals surface area contributed by atoms with Gasteiger partial charge in [-0.3, -0.25) is 9.69 Å². The quantitative estimate of drug-likeness (QED) is 0.467. The van der Waals surface area contributed by atoms with Crippen LogP contribution in [0, 0.1) is 0 Å². The van der Waals surface area contributed by atoms with Gasteiger partial charge in [0.25, 0.3) is 0 Å². The molecule has 0 radical (unpaired) electrons. The Labute approximate surface area is 207 Å². The van der Waals surface area contributed by atoms with Gasteiger partial charge >= 0.3 is 0 Å². The third-order valence-corrected chi connectivity index (χ3v) is 6.45. The molecule has 1 amide bonds. The van der Waals surface area contributed by atoms with Crippen molar-refractivity contribution in [3.05, 3.63) is 89.0 Å². The second-order valence-corrected chi connectivity index (χ2v) is 8.69. The lowest BCUT2D eigenvalue weighted by molar-refractivity contribution is -0.123. The normalized spacial score (nSPS) is 15.2. The summed E-state index contributed by atoms with van der Waals surface area (Å²) in [7, 11) is 3.29. The van der Waals surface area contributed by atoms with E-state index in [0.29, 0.717) is 31.2 Å². The fraction of sp³-hybridized carbons (Fsp3) is 0.345. The summed E-state index contributed by atoms with van der Waals surface area (Å²) < 4.78 is 16.7. The van der Waals surface area contributed by atoms with Gasteiger partial charge in [-0.1, -0.05) is 42.5 Å². The molecule has 0 fully saturated rings. The van der Waals surface area contributed by atoms with Gasteiger partial charge in [0.1, 0.15) is 5.75 Å². The number of nitrogens with zero attached hydrogens (tertiary/aromatic N) is 1. The molecule has 0 aliphatic carbocycles. The topological polar surface area (TPSA) is 60.0 Å². The number of methoxy groups -OCH3 is 2. The Hall–Kier alpha value is -3.51. The van der Waals surface area contributed by atoms with E-state index in [1.807, 2.05) is 55.5 Å². The van der Waals surface area contributed by atoms with Gasteiger partial charge in [0, 0.05) is 19.1 Å². The number of rotatable bonds is 10. The molecule has 184 valence electrons. The predicted molar refractivity (Wildman–Crippen MR) is 137 cm³/mol. The molecule has 1 unspecified atom stereocenters. The molecular weight excluding hydrogens is 440 g/mol. The average Bonchev–Trinajstić information content (AvgIpc) is 2.89. The van der Waals surface area contributed by atoms with Gasteiger partial charge in [0.05, 0.1) is 27.4 Å². The van der Waals surface area contributed by atoms with Gasteiger partial charge in [-0.05, 0) is 66.3 Å². The Morgan fingerprint density at radius 3 is 2.51 bits per heavy atom. The first-order chi connectivity index (χ1) is 17.1. The second-order valence-electron chi connectivity index (χ2n) is 8.69. The molecule has 0 aromatic heterocycles. The molecular formula is C29H34N2O4. The number of nitrogens with one attached hydrogen (secondary N) is 1. The maximum atomic E-state index is 12.9. The van der Waals surface area contributed by atoms with Crippen LogP contribution in [0.15, 0.2) is 66.7 Å². The smallest absolute Gasteiger partial charge is 0.234 e. The number of fused-ring (bicyclic) bond motifs is 1. The number of benzene rings is 3. The molecule has 35 heavy (non-hydrogen) atoms. The molecule has 1 heterocycles. The van der Waals surface area contributed by atoms with Gasteiger partial charge in [-0.15, -0.1) is 0 Å². The lowest BCUT2D eigenvalue weighted by Gasteiger charge is -2.37. The van der Waals surface area contributed by atoms with Crippen molar-refractivity contribution < 1.29 is 19.0 Å². The number of amides is 1. The van der Waals surface area contributed by atoms with Gasteiger partial charge in [-0.25, -0.2) is 0 Å². The van der Waals surface area contributed by atoms with E-state index in [-0.39, 0.29) is 11.9 Å². The van der Waals surface area contributed by atoms with Crippen LogP contribution in [-0.2, 0) is 24.2 Å². The first-order valence-corrected chi connectivity index (χ1v) is 12.1. The van der Waals surface area contributed by atoms with E-state index in [2.05, 4.69) is 28.4 Å². The fourth-order valence-electron chi connectivity index (χ4n) is 4.68. The summed E-state index contributed by atoms with van der Waals surface area (Å²) in [5.74, 6) is 2.29. The summed E-state index contributed by atoms with van der Waals surface area (Å²) in [6.07, 6.45) is 1.64. The maximum absolute atomic E-state index is 12.9. The van der Waals surface area contributed by atoms with E-state index in [1.54, 1.807) is 14.2 Å². The van der Waals surface area contributed by atoms with Gasteiger partial charge in [0.2, 0.25) is 5.91 Å². The summed E-state index contributed by atoms with van der Waals surface area (Å²) in [4.78, 5) is 15.2. The molecule has 3 aromatic rings. The molecule has 0 spiro atoms. The van der Waals surface area contributed by atoms with Crippen LogP contribution in [0.1, 0.15) is 35.2 Å². The minimum absolute atomic E-state index is 0.0237. The highest BCUT2D eigenvalue weighted by atomic mass is 16.5. The van der Waals surface area contributed by atoms with Crippen molar-refractivity contribution in [2.45, 2.75) is 32.4 Å². The van der Waals surface area contributed by atoms with E-state index < -0.39 is 0 Å². The second kappa shape index (κ2) is 11.8. The third kappa shape index (κ3) is 6.14. The Bertz CT molecular complexity index is 1130. The van der Waals surface area contributed by atoms with Crippen LogP contribution in [0.4, 0.5) is 0 Å². The van der Waals surface area contributed by atoms with Crippen LogP contribution >= 0.6 is 0 Å². The zero-order chi connectivity index (χ0) is 24.6. The molecule has 3 aromatic carbocycles. The van der Waals surface area contributed by atoms with Crippen molar-refractivity contribution >= 4 is 5.91 Å². The minimum atomic E-state index is 0.0237. The van der Waals surface area contributed by atoms with Crippen LogP contribution in [-0.4, -0.2) is 44.7 Å². The molecule has 1 aliphatic heterocycles. The summed E-state index contributed by atoms with van der Waals surface area (Å²) in [5, 5.41) is 3.08. The van der Waals surface area contributed by atoms with Crippen LogP contribution in [0.5, 0.6) is 17.2 Å². The Morgan fingerprint density at radius 2 is 1.77 bits per heavy atom. The van der Waals surface area contributed by atoms with E-state index in [4.69, 9.17) is 14.2 Å². The molecule has 4 rings (SSSR count). The number of ether oxygens (including phenoxy) is 3. The van der Waals surface area contributed by atoms with Crippen LogP contribution in [0.3, 0.4) is 0 Å². The molecule has 0 saturated carbocycles. The number of carbonyl (C=O) groups excluding carboxylic acids is 1.